The van der Waals surface area contributed by atoms with Crippen LogP contribution in [0.5, 0.6) is 5.75 Å². The molecule has 1 unspecified atom stereocenters. The van der Waals surface area contributed by atoms with Gasteiger partial charge >= 0.3 is 11.9 Å². The van der Waals surface area contributed by atoms with Gasteiger partial charge in [-0.3, -0.25) is 9.59 Å². The van der Waals surface area contributed by atoms with Gasteiger partial charge in [-0.25, -0.2) is 4.79 Å². The number of aryl methyl sites for hydroxylation is 1. The Morgan fingerprint density at radius 3 is 2.52 bits per heavy atom. The molecular formula is C13H14BrNO6. The second kappa shape index (κ2) is 7.63. The molecule has 8 heteroatoms. The minimum Gasteiger partial charge on any atom is -0.483 e. The van der Waals surface area contributed by atoms with Gasteiger partial charge in [0.25, 0.3) is 5.91 Å². The first kappa shape index (κ1) is 17.0. The number of carboxylic acids is 2. The number of rotatable bonds is 7. The fraction of sp³-hybridized carbons (Fsp3) is 0.308. The predicted octanol–water partition coefficient (Wildman–Crippen LogP) is 1.18. The molecule has 0 aliphatic heterocycles. The maximum atomic E-state index is 11.6. The van der Waals surface area contributed by atoms with Gasteiger partial charge < -0.3 is 20.3 Å². The van der Waals surface area contributed by atoms with Crippen LogP contribution in [0, 0.1) is 6.92 Å². The topological polar surface area (TPSA) is 113 Å². The molecule has 1 aromatic carbocycles. The van der Waals surface area contributed by atoms with Crippen molar-refractivity contribution in [1.82, 2.24) is 5.32 Å². The standard InChI is InChI=1S/C13H14BrNO6/c1-7-2-3-10(8(14)4-7)21-6-11(16)15-9(13(19)20)5-12(17)18/h2-4,9H,5-6H2,1H3,(H,15,16)(H,17,18)(H,19,20). The second-order valence-corrected chi connectivity index (χ2v) is 5.13. The Hall–Kier alpha value is -2.09. The first-order valence-corrected chi connectivity index (χ1v) is 6.72. The van der Waals surface area contributed by atoms with E-state index in [9.17, 15) is 14.4 Å². The molecule has 1 amide bonds. The first-order valence-electron chi connectivity index (χ1n) is 5.92. The molecule has 0 aromatic heterocycles. The number of carbonyl (C=O) groups is 3. The summed E-state index contributed by atoms with van der Waals surface area (Å²) in [6, 6.07) is 3.78. The number of aliphatic carboxylic acids is 2. The van der Waals surface area contributed by atoms with Crippen molar-refractivity contribution in [3.05, 3.63) is 28.2 Å². The Kier molecular flexibility index (Phi) is 6.16. The molecule has 0 saturated carbocycles. The molecule has 3 N–H and O–H groups in total. The van der Waals surface area contributed by atoms with E-state index in [2.05, 4.69) is 21.2 Å². The molecule has 1 rings (SSSR count). The summed E-state index contributed by atoms with van der Waals surface area (Å²) >= 11 is 3.28. The van der Waals surface area contributed by atoms with Gasteiger partial charge in [-0.05, 0) is 40.5 Å². The van der Waals surface area contributed by atoms with Crippen molar-refractivity contribution in [2.45, 2.75) is 19.4 Å². The van der Waals surface area contributed by atoms with Crippen LogP contribution in [0.3, 0.4) is 0 Å². The number of hydrogen-bond donors (Lipinski definition) is 3. The summed E-state index contributed by atoms with van der Waals surface area (Å²) in [5, 5.41) is 19.5. The molecule has 0 radical (unpaired) electrons. The summed E-state index contributed by atoms with van der Waals surface area (Å²) < 4.78 is 5.90. The third-order valence-electron chi connectivity index (χ3n) is 2.46. The Labute approximate surface area is 129 Å². The lowest BCUT2D eigenvalue weighted by Gasteiger charge is -2.13. The molecule has 1 atom stereocenters. The van der Waals surface area contributed by atoms with Crippen LogP contribution >= 0.6 is 15.9 Å². The number of nitrogens with one attached hydrogen (secondary N) is 1. The molecule has 21 heavy (non-hydrogen) atoms. The number of amides is 1. The van der Waals surface area contributed by atoms with E-state index in [1.54, 1.807) is 18.2 Å². The third kappa shape index (κ3) is 5.82. The van der Waals surface area contributed by atoms with E-state index < -0.39 is 36.9 Å². The van der Waals surface area contributed by atoms with E-state index in [4.69, 9.17) is 14.9 Å². The van der Waals surface area contributed by atoms with Gasteiger partial charge in [0.15, 0.2) is 6.61 Å². The van der Waals surface area contributed by atoms with Crippen LogP contribution in [0.1, 0.15) is 12.0 Å². The summed E-state index contributed by atoms with van der Waals surface area (Å²) in [4.78, 5) is 32.9. The lowest BCUT2D eigenvalue weighted by Crippen LogP contribution is -2.44. The summed E-state index contributed by atoms with van der Waals surface area (Å²) in [5.74, 6) is -3.01. The minimum atomic E-state index is -1.49. The van der Waals surface area contributed by atoms with Gasteiger partial charge in [0.05, 0.1) is 10.9 Å². The van der Waals surface area contributed by atoms with E-state index in [1.807, 2.05) is 6.92 Å². The Morgan fingerprint density at radius 2 is 2.00 bits per heavy atom. The number of halogens is 1. The van der Waals surface area contributed by atoms with Crippen molar-refractivity contribution in [1.29, 1.82) is 0 Å². The van der Waals surface area contributed by atoms with Crippen molar-refractivity contribution in [3.8, 4) is 5.75 Å². The molecule has 0 heterocycles. The molecule has 0 aliphatic rings. The van der Waals surface area contributed by atoms with Crippen LogP contribution in [0.4, 0.5) is 0 Å². The molecule has 0 spiro atoms. The quantitative estimate of drug-likeness (QED) is 0.673. The number of carboxylic acid groups (broad SMARTS) is 2. The normalized spacial score (nSPS) is 11.5. The largest absolute Gasteiger partial charge is 0.483 e. The van der Waals surface area contributed by atoms with E-state index in [1.165, 1.54) is 0 Å². The highest BCUT2D eigenvalue weighted by Crippen LogP contribution is 2.25. The highest BCUT2D eigenvalue weighted by Gasteiger charge is 2.23. The van der Waals surface area contributed by atoms with Crippen molar-refractivity contribution < 1.29 is 29.3 Å². The fourth-order valence-corrected chi connectivity index (χ4v) is 2.08. The van der Waals surface area contributed by atoms with E-state index in [-0.39, 0.29) is 0 Å². The second-order valence-electron chi connectivity index (χ2n) is 4.28. The maximum absolute atomic E-state index is 11.6. The monoisotopic (exact) mass is 359 g/mol. The van der Waals surface area contributed by atoms with E-state index >= 15 is 0 Å². The van der Waals surface area contributed by atoms with Crippen molar-refractivity contribution in [2.24, 2.45) is 0 Å². The molecule has 0 saturated heterocycles. The number of carbonyl (C=O) groups excluding carboxylic acids is 1. The molecular weight excluding hydrogens is 346 g/mol. The zero-order valence-corrected chi connectivity index (χ0v) is 12.7. The molecule has 0 bridgehead atoms. The van der Waals surface area contributed by atoms with Crippen molar-refractivity contribution >= 4 is 33.8 Å². The molecule has 114 valence electrons. The number of hydrogen-bond acceptors (Lipinski definition) is 4. The van der Waals surface area contributed by atoms with Gasteiger partial charge in [0.1, 0.15) is 11.8 Å². The lowest BCUT2D eigenvalue weighted by atomic mass is 10.2. The molecule has 1 aromatic rings. The van der Waals surface area contributed by atoms with Crippen LogP contribution in [-0.2, 0) is 14.4 Å². The van der Waals surface area contributed by atoms with Crippen LogP contribution in [0.25, 0.3) is 0 Å². The number of benzene rings is 1. The van der Waals surface area contributed by atoms with Crippen LogP contribution in [0.15, 0.2) is 22.7 Å². The van der Waals surface area contributed by atoms with Crippen molar-refractivity contribution in [2.75, 3.05) is 6.61 Å². The molecule has 7 nitrogen and oxygen atoms in total. The Bertz CT molecular complexity index is 560. The van der Waals surface area contributed by atoms with E-state index in [0.29, 0.717) is 10.2 Å². The van der Waals surface area contributed by atoms with Gasteiger partial charge in [-0.15, -0.1) is 0 Å². The van der Waals surface area contributed by atoms with Gasteiger partial charge in [0, 0.05) is 0 Å². The first-order chi connectivity index (χ1) is 9.79. The summed E-state index contributed by atoms with van der Waals surface area (Å²) in [5.41, 5.74) is 1.01. The number of ether oxygens (including phenoxy) is 1. The summed E-state index contributed by atoms with van der Waals surface area (Å²) in [6.07, 6.45) is -0.699. The third-order valence-corrected chi connectivity index (χ3v) is 3.08. The summed E-state index contributed by atoms with van der Waals surface area (Å²) in [6.45, 7) is 1.48. The van der Waals surface area contributed by atoms with Gasteiger partial charge in [0.2, 0.25) is 0 Å². The van der Waals surface area contributed by atoms with Crippen LogP contribution < -0.4 is 10.1 Å². The molecule has 0 aliphatic carbocycles. The highest BCUT2D eigenvalue weighted by molar-refractivity contribution is 9.10. The zero-order valence-electron chi connectivity index (χ0n) is 11.1. The van der Waals surface area contributed by atoms with Crippen molar-refractivity contribution in [3.63, 3.8) is 0 Å². The SMILES string of the molecule is Cc1ccc(OCC(=O)NC(CC(=O)O)C(=O)O)c(Br)c1. The van der Waals surface area contributed by atoms with Crippen LogP contribution in [0.2, 0.25) is 0 Å². The smallest absolute Gasteiger partial charge is 0.326 e. The average Bonchev–Trinajstić information content (AvgIpc) is 2.36. The van der Waals surface area contributed by atoms with Gasteiger partial charge in [-0.1, -0.05) is 6.07 Å². The zero-order chi connectivity index (χ0) is 16.0. The van der Waals surface area contributed by atoms with Crippen LogP contribution in [-0.4, -0.2) is 40.7 Å². The minimum absolute atomic E-state index is 0.412. The molecule has 0 fully saturated rings. The Morgan fingerprint density at radius 1 is 1.33 bits per heavy atom. The maximum Gasteiger partial charge on any atom is 0.326 e. The highest BCUT2D eigenvalue weighted by atomic mass is 79.9. The van der Waals surface area contributed by atoms with E-state index in [0.717, 1.165) is 5.56 Å². The summed E-state index contributed by atoms with van der Waals surface area (Å²) in [7, 11) is 0. The fourth-order valence-electron chi connectivity index (χ4n) is 1.48. The average molecular weight is 360 g/mol. The predicted molar refractivity (Wildman–Crippen MR) is 76.2 cm³/mol. The lowest BCUT2D eigenvalue weighted by molar-refractivity contribution is -0.147. The van der Waals surface area contributed by atoms with Gasteiger partial charge in [-0.2, -0.15) is 0 Å². The Balaban J connectivity index is 2.56.